The Bertz CT molecular complexity index is 463. The Kier molecular flexibility index (Phi) is 3.28. The molecule has 0 saturated heterocycles. The van der Waals surface area contributed by atoms with Gasteiger partial charge in [0, 0.05) is 13.0 Å². The summed E-state index contributed by atoms with van der Waals surface area (Å²) in [5.74, 6) is -0.612. The first-order valence-electron chi connectivity index (χ1n) is 5.17. The van der Waals surface area contributed by atoms with Crippen LogP contribution in [0.25, 0.3) is 0 Å². The quantitative estimate of drug-likeness (QED) is 0.763. The average Bonchev–Trinajstić information content (AvgIpc) is 2.60. The number of fused-ring (bicyclic) bond motifs is 1. The second kappa shape index (κ2) is 4.71. The van der Waals surface area contributed by atoms with Crippen LogP contribution in [0, 0.1) is 0 Å². The minimum absolute atomic E-state index is 0.0263. The second-order valence-corrected chi connectivity index (χ2v) is 4.50. The van der Waals surface area contributed by atoms with Gasteiger partial charge in [-0.3, -0.25) is 19.3 Å². The zero-order valence-electron chi connectivity index (χ0n) is 9.30. The monoisotopic (exact) mass is 249 g/mol. The van der Waals surface area contributed by atoms with Crippen LogP contribution in [0.5, 0.6) is 0 Å². The summed E-state index contributed by atoms with van der Waals surface area (Å²) in [6, 6.07) is 6.71. The Hall–Kier alpha value is -1.62. The van der Waals surface area contributed by atoms with Gasteiger partial charge in [0.1, 0.15) is 0 Å². The Labute approximate surface area is 103 Å². The Morgan fingerprint density at radius 1 is 1.18 bits per heavy atom. The van der Waals surface area contributed by atoms with Crippen molar-refractivity contribution in [1.29, 1.82) is 0 Å². The van der Waals surface area contributed by atoms with E-state index in [1.165, 1.54) is 0 Å². The molecule has 0 aliphatic carbocycles. The molecule has 0 aromatic heterocycles. The van der Waals surface area contributed by atoms with Crippen molar-refractivity contribution in [2.75, 3.05) is 12.8 Å². The molecule has 0 fully saturated rings. The van der Waals surface area contributed by atoms with Gasteiger partial charge in [0.05, 0.1) is 11.1 Å². The summed E-state index contributed by atoms with van der Waals surface area (Å²) in [7, 11) is 0. The van der Waals surface area contributed by atoms with Crippen LogP contribution in [0.15, 0.2) is 24.3 Å². The van der Waals surface area contributed by atoms with Crippen LogP contribution < -0.4 is 0 Å². The largest absolute Gasteiger partial charge is 0.287 e. The standard InChI is InChI=1S/C12H11NO3S/c1-17-10(14)6-7-13-11(15)8-4-2-3-5-9(8)12(13)16/h2-5H,6-7H2,1H3. The second-order valence-electron chi connectivity index (χ2n) is 3.63. The Balaban J connectivity index is 2.16. The maximum atomic E-state index is 11.9. The highest BCUT2D eigenvalue weighted by Gasteiger charge is 2.34. The molecule has 0 spiro atoms. The van der Waals surface area contributed by atoms with E-state index in [0.717, 1.165) is 16.7 Å². The van der Waals surface area contributed by atoms with Crippen molar-refractivity contribution in [2.45, 2.75) is 6.42 Å². The van der Waals surface area contributed by atoms with Crippen LogP contribution in [-0.2, 0) is 4.79 Å². The van der Waals surface area contributed by atoms with E-state index in [0.29, 0.717) is 11.1 Å². The van der Waals surface area contributed by atoms with Crippen molar-refractivity contribution in [1.82, 2.24) is 4.90 Å². The summed E-state index contributed by atoms with van der Waals surface area (Å²) < 4.78 is 0. The molecule has 88 valence electrons. The third kappa shape index (κ3) is 2.10. The van der Waals surface area contributed by atoms with Gasteiger partial charge in [0.2, 0.25) is 0 Å². The lowest BCUT2D eigenvalue weighted by atomic mass is 10.1. The van der Waals surface area contributed by atoms with E-state index in [1.54, 1.807) is 30.5 Å². The predicted octanol–water partition coefficient (Wildman–Crippen LogP) is 1.56. The summed E-state index contributed by atoms with van der Waals surface area (Å²) in [6.07, 6.45) is 1.89. The van der Waals surface area contributed by atoms with Crippen LogP contribution in [-0.4, -0.2) is 34.6 Å². The van der Waals surface area contributed by atoms with E-state index < -0.39 is 0 Å². The first-order chi connectivity index (χ1) is 8.15. The lowest BCUT2D eigenvalue weighted by Gasteiger charge is -2.12. The molecule has 1 aromatic carbocycles. The molecule has 1 aliphatic heterocycles. The number of benzene rings is 1. The predicted molar refractivity (Wildman–Crippen MR) is 64.9 cm³/mol. The molecule has 0 atom stereocenters. The number of nitrogens with zero attached hydrogens (tertiary/aromatic N) is 1. The van der Waals surface area contributed by atoms with Gasteiger partial charge in [-0.25, -0.2) is 0 Å². The van der Waals surface area contributed by atoms with Crippen molar-refractivity contribution in [2.24, 2.45) is 0 Å². The molecule has 4 nitrogen and oxygen atoms in total. The first-order valence-corrected chi connectivity index (χ1v) is 6.39. The van der Waals surface area contributed by atoms with Gasteiger partial charge in [-0.05, 0) is 18.4 Å². The molecule has 2 amide bonds. The highest BCUT2D eigenvalue weighted by Crippen LogP contribution is 2.22. The lowest BCUT2D eigenvalue weighted by molar-refractivity contribution is -0.111. The van der Waals surface area contributed by atoms with E-state index in [-0.39, 0.29) is 29.9 Å². The fourth-order valence-corrected chi connectivity index (χ4v) is 2.04. The normalized spacial score (nSPS) is 14.1. The number of thioether (sulfide) groups is 1. The zero-order chi connectivity index (χ0) is 12.4. The number of hydrogen-bond acceptors (Lipinski definition) is 4. The SMILES string of the molecule is CSC(=O)CCN1C(=O)c2ccccc2C1=O. The molecule has 0 radical (unpaired) electrons. The third-order valence-electron chi connectivity index (χ3n) is 2.65. The molecule has 1 aliphatic rings. The van der Waals surface area contributed by atoms with Crippen molar-refractivity contribution in [3.8, 4) is 0 Å². The smallest absolute Gasteiger partial charge is 0.261 e. The van der Waals surface area contributed by atoms with Gasteiger partial charge >= 0.3 is 0 Å². The van der Waals surface area contributed by atoms with Crippen LogP contribution in [0.4, 0.5) is 0 Å². The summed E-state index contributed by atoms with van der Waals surface area (Å²) in [5, 5.41) is -0.0263. The summed E-state index contributed by atoms with van der Waals surface area (Å²) >= 11 is 1.11. The molecular formula is C12H11NO3S. The molecule has 0 unspecified atom stereocenters. The van der Waals surface area contributed by atoms with Crippen LogP contribution >= 0.6 is 11.8 Å². The molecule has 1 heterocycles. The number of carbonyl (C=O) groups is 3. The fourth-order valence-electron chi connectivity index (χ4n) is 1.75. The number of carbonyl (C=O) groups excluding carboxylic acids is 3. The van der Waals surface area contributed by atoms with Gasteiger partial charge in [-0.1, -0.05) is 23.9 Å². The first kappa shape index (κ1) is 11.9. The molecule has 2 rings (SSSR count). The highest BCUT2D eigenvalue weighted by molar-refractivity contribution is 8.13. The molecule has 0 bridgehead atoms. The van der Waals surface area contributed by atoms with Crippen molar-refractivity contribution >= 4 is 28.7 Å². The van der Waals surface area contributed by atoms with E-state index in [9.17, 15) is 14.4 Å². The number of rotatable bonds is 3. The van der Waals surface area contributed by atoms with E-state index in [2.05, 4.69) is 0 Å². The van der Waals surface area contributed by atoms with Gasteiger partial charge in [0.15, 0.2) is 5.12 Å². The van der Waals surface area contributed by atoms with Gasteiger partial charge in [-0.15, -0.1) is 0 Å². The van der Waals surface area contributed by atoms with Crippen molar-refractivity contribution in [3.63, 3.8) is 0 Å². The van der Waals surface area contributed by atoms with Gasteiger partial charge in [-0.2, -0.15) is 0 Å². The maximum absolute atomic E-state index is 11.9. The molecule has 0 saturated carbocycles. The van der Waals surface area contributed by atoms with Gasteiger partial charge < -0.3 is 0 Å². The minimum atomic E-state index is -0.306. The van der Waals surface area contributed by atoms with Crippen LogP contribution in [0.3, 0.4) is 0 Å². The molecule has 1 aromatic rings. The molecular weight excluding hydrogens is 238 g/mol. The average molecular weight is 249 g/mol. The topological polar surface area (TPSA) is 54.5 Å². The Morgan fingerprint density at radius 2 is 1.71 bits per heavy atom. The molecule has 17 heavy (non-hydrogen) atoms. The number of amides is 2. The van der Waals surface area contributed by atoms with Crippen molar-refractivity contribution < 1.29 is 14.4 Å². The number of imide groups is 1. The Morgan fingerprint density at radius 3 is 2.18 bits per heavy atom. The van der Waals surface area contributed by atoms with Gasteiger partial charge in [0.25, 0.3) is 11.8 Å². The van der Waals surface area contributed by atoms with Crippen LogP contribution in [0.2, 0.25) is 0 Å². The van der Waals surface area contributed by atoms with Crippen molar-refractivity contribution in [3.05, 3.63) is 35.4 Å². The molecule has 5 heteroatoms. The molecule has 0 N–H and O–H groups in total. The highest BCUT2D eigenvalue weighted by atomic mass is 32.2. The summed E-state index contributed by atoms with van der Waals surface area (Å²) in [4.78, 5) is 36.1. The lowest BCUT2D eigenvalue weighted by Crippen LogP contribution is -2.31. The third-order valence-corrected chi connectivity index (χ3v) is 3.30. The van der Waals surface area contributed by atoms with E-state index in [1.807, 2.05) is 0 Å². The fraction of sp³-hybridized carbons (Fsp3) is 0.250. The zero-order valence-corrected chi connectivity index (χ0v) is 10.1. The number of hydrogen-bond donors (Lipinski definition) is 0. The van der Waals surface area contributed by atoms with Crippen LogP contribution in [0.1, 0.15) is 27.1 Å². The maximum Gasteiger partial charge on any atom is 0.261 e. The van der Waals surface area contributed by atoms with E-state index in [4.69, 9.17) is 0 Å². The van der Waals surface area contributed by atoms with E-state index >= 15 is 0 Å². The summed E-state index contributed by atoms with van der Waals surface area (Å²) in [6.45, 7) is 0.159. The minimum Gasteiger partial charge on any atom is -0.287 e. The summed E-state index contributed by atoms with van der Waals surface area (Å²) in [5.41, 5.74) is 0.850.